The predicted molar refractivity (Wildman–Crippen MR) is 84.2 cm³/mol. The van der Waals surface area contributed by atoms with Crippen molar-refractivity contribution >= 4 is 28.3 Å². The number of nitrogens with zero attached hydrogens (tertiary/aromatic N) is 2. The third-order valence-electron chi connectivity index (χ3n) is 4.29. The van der Waals surface area contributed by atoms with E-state index in [1.54, 1.807) is 23.2 Å². The number of thiazole rings is 1. The van der Waals surface area contributed by atoms with E-state index in [0.717, 1.165) is 37.8 Å². The average molecular weight is 323 g/mol. The van der Waals surface area contributed by atoms with Gasteiger partial charge in [0, 0.05) is 10.9 Å². The van der Waals surface area contributed by atoms with Gasteiger partial charge < -0.3 is 10.4 Å². The maximum atomic E-state index is 12.2. The molecule has 1 aromatic heterocycles. The number of carbonyl (C=O) groups is 2. The van der Waals surface area contributed by atoms with Gasteiger partial charge in [0.05, 0.1) is 12.2 Å². The highest BCUT2D eigenvalue weighted by Crippen LogP contribution is 2.30. The van der Waals surface area contributed by atoms with Crippen LogP contribution in [-0.4, -0.2) is 45.5 Å². The van der Waals surface area contributed by atoms with Gasteiger partial charge in [-0.3, -0.25) is 14.5 Å². The van der Waals surface area contributed by atoms with Crippen LogP contribution in [0.3, 0.4) is 0 Å². The first-order valence-electron chi connectivity index (χ1n) is 7.81. The van der Waals surface area contributed by atoms with Gasteiger partial charge in [-0.2, -0.15) is 0 Å². The molecule has 0 saturated heterocycles. The molecule has 120 valence electrons. The molecule has 0 aromatic carbocycles. The summed E-state index contributed by atoms with van der Waals surface area (Å²) in [5, 5.41) is 12.6. The SMILES string of the molecule is CC(C(=O)O)N(CC(=O)Nc1nc2c(s1)CCCC2)C1CC1. The number of aryl methyl sites for hydroxylation is 2. The summed E-state index contributed by atoms with van der Waals surface area (Å²) in [7, 11) is 0. The molecule has 2 aliphatic rings. The molecule has 0 aliphatic heterocycles. The molecule has 6 nitrogen and oxygen atoms in total. The molecule has 1 atom stereocenters. The number of aliphatic carboxylic acids is 1. The normalized spacial score (nSPS) is 18.8. The molecule has 0 radical (unpaired) electrons. The lowest BCUT2D eigenvalue weighted by Crippen LogP contribution is -2.44. The van der Waals surface area contributed by atoms with Crippen molar-refractivity contribution in [2.45, 2.75) is 57.5 Å². The number of nitrogens with one attached hydrogen (secondary N) is 1. The number of aromatic nitrogens is 1. The second kappa shape index (κ2) is 6.34. The van der Waals surface area contributed by atoms with E-state index in [2.05, 4.69) is 10.3 Å². The number of fused-ring (bicyclic) bond motifs is 1. The minimum absolute atomic E-state index is 0.113. The van der Waals surface area contributed by atoms with Gasteiger partial charge in [0.25, 0.3) is 0 Å². The highest BCUT2D eigenvalue weighted by atomic mass is 32.1. The van der Waals surface area contributed by atoms with Crippen LogP contribution < -0.4 is 5.32 Å². The Morgan fingerprint density at radius 1 is 1.41 bits per heavy atom. The number of carbonyl (C=O) groups excluding carboxylic acids is 1. The molecule has 1 amide bonds. The van der Waals surface area contributed by atoms with Crippen molar-refractivity contribution in [3.63, 3.8) is 0 Å². The number of carboxylic acid groups (broad SMARTS) is 1. The summed E-state index contributed by atoms with van der Waals surface area (Å²) in [6, 6.07) is -0.413. The topological polar surface area (TPSA) is 82.5 Å². The smallest absolute Gasteiger partial charge is 0.320 e. The minimum Gasteiger partial charge on any atom is -0.480 e. The van der Waals surface area contributed by atoms with Gasteiger partial charge in [0.2, 0.25) is 5.91 Å². The van der Waals surface area contributed by atoms with E-state index in [1.807, 2.05) is 0 Å². The van der Waals surface area contributed by atoms with Gasteiger partial charge in [-0.25, -0.2) is 4.98 Å². The summed E-state index contributed by atoms with van der Waals surface area (Å²) >= 11 is 1.55. The van der Waals surface area contributed by atoms with Crippen molar-refractivity contribution in [2.24, 2.45) is 0 Å². The standard InChI is InChI=1S/C15H21N3O3S/c1-9(14(20)21)18(10-6-7-10)8-13(19)17-15-16-11-4-2-3-5-12(11)22-15/h9-10H,2-8H2,1H3,(H,20,21)(H,16,17,19). The average Bonchev–Trinajstić information content (AvgIpc) is 3.23. The second-order valence-electron chi connectivity index (χ2n) is 6.06. The summed E-state index contributed by atoms with van der Waals surface area (Å²) in [6.07, 6.45) is 6.33. The van der Waals surface area contributed by atoms with Crippen molar-refractivity contribution in [3.8, 4) is 0 Å². The first kappa shape index (κ1) is 15.4. The van der Waals surface area contributed by atoms with Gasteiger partial charge in [-0.15, -0.1) is 11.3 Å². The third-order valence-corrected chi connectivity index (χ3v) is 5.36. The van der Waals surface area contributed by atoms with Crippen molar-refractivity contribution in [1.82, 2.24) is 9.88 Å². The van der Waals surface area contributed by atoms with Crippen molar-refractivity contribution in [3.05, 3.63) is 10.6 Å². The molecule has 2 N–H and O–H groups in total. The number of hydrogen-bond donors (Lipinski definition) is 2. The number of amides is 1. The Bertz CT molecular complexity index is 559. The van der Waals surface area contributed by atoms with E-state index in [4.69, 9.17) is 5.11 Å². The molecule has 0 bridgehead atoms. The van der Waals surface area contributed by atoms with Crippen LogP contribution >= 0.6 is 11.3 Å². The fourth-order valence-corrected chi connectivity index (χ4v) is 3.93. The second-order valence-corrected chi connectivity index (χ2v) is 7.15. The monoisotopic (exact) mass is 323 g/mol. The molecule has 1 fully saturated rings. The number of hydrogen-bond acceptors (Lipinski definition) is 5. The van der Waals surface area contributed by atoms with Crippen LogP contribution in [0.15, 0.2) is 0 Å². The lowest BCUT2D eigenvalue weighted by Gasteiger charge is -2.25. The molecule has 2 aliphatic carbocycles. The van der Waals surface area contributed by atoms with Gasteiger partial charge in [-0.05, 0) is 45.4 Å². The lowest BCUT2D eigenvalue weighted by atomic mass is 10.0. The molecular formula is C15H21N3O3S. The van der Waals surface area contributed by atoms with Crippen LogP contribution in [0, 0.1) is 0 Å². The van der Waals surface area contributed by atoms with Crippen LogP contribution in [0.4, 0.5) is 5.13 Å². The molecule has 7 heteroatoms. The summed E-state index contributed by atoms with van der Waals surface area (Å²) < 4.78 is 0. The summed E-state index contributed by atoms with van der Waals surface area (Å²) in [5.41, 5.74) is 1.12. The van der Waals surface area contributed by atoms with Crippen LogP contribution in [-0.2, 0) is 22.4 Å². The molecule has 22 heavy (non-hydrogen) atoms. The Labute approximate surface area is 133 Å². The lowest BCUT2D eigenvalue weighted by molar-refractivity contribution is -0.143. The molecule has 1 heterocycles. The van der Waals surface area contributed by atoms with Crippen LogP contribution in [0.2, 0.25) is 0 Å². The fraction of sp³-hybridized carbons (Fsp3) is 0.667. The minimum atomic E-state index is -0.885. The maximum absolute atomic E-state index is 12.2. The molecule has 1 aromatic rings. The molecule has 3 rings (SSSR count). The van der Waals surface area contributed by atoms with Crippen LogP contribution in [0.1, 0.15) is 43.2 Å². The van der Waals surface area contributed by atoms with E-state index in [-0.39, 0.29) is 18.5 Å². The Hall–Kier alpha value is -1.47. The largest absolute Gasteiger partial charge is 0.480 e. The van der Waals surface area contributed by atoms with E-state index < -0.39 is 12.0 Å². The Morgan fingerprint density at radius 2 is 2.14 bits per heavy atom. The first-order valence-corrected chi connectivity index (χ1v) is 8.63. The van der Waals surface area contributed by atoms with Gasteiger partial charge in [0.15, 0.2) is 5.13 Å². The fourth-order valence-electron chi connectivity index (χ4n) is 2.86. The summed E-state index contributed by atoms with van der Waals surface area (Å²) in [6.45, 7) is 1.75. The van der Waals surface area contributed by atoms with Gasteiger partial charge >= 0.3 is 5.97 Å². The van der Waals surface area contributed by atoms with E-state index >= 15 is 0 Å². The molecule has 0 spiro atoms. The van der Waals surface area contributed by atoms with Crippen molar-refractivity contribution in [2.75, 3.05) is 11.9 Å². The third kappa shape index (κ3) is 3.47. The predicted octanol–water partition coefficient (Wildman–Crippen LogP) is 1.90. The molecular weight excluding hydrogens is 302 g/mol. The first-order chi connectivity index (χ1) is 10.5. The van der Waals surface area contributed by atoms with Crippen LogP contribution in [0.25, 0.3) is 0 Å². The highest BCUT2D eigenvalue weighted by Gasteiger charge is 2.36. The number of rotatable bonds is 6. The van der Waals surface area contributed by atoms with E-state index in [0.29, 0.717) is 5.13 Å². The quantitative estimate of drug-likeness (QED) is 0.835. The Kier molecular flexibility index (Phi) is 4.44. The number of anilines is 1. The molecule has 1 saturated carbocycles. The van der Waals surface area contributed by atoms with Gasteiger partial charge in [0.1, 0.15) is 6.04 Å². The Morgan fingerprint density at radius 3 is 2.77 bits per heavy atom. The zero-order valence-electron chi connectivity index (χ0n) is 12.7. The zero-order chi connectivity index (χ0) is 15.7. The summed E-state index contributed by atoms with van der Waals surface area (Å²) in [4.78, 5) is 30.9. The molecule has 1 unspecified atom stereocenters. The van der Waals surface area contributed by atoms with Crippen molar-refractivity contribution in [1.29, 1.82) is 0 Å². The van der Waals surface area contributed by atoms with Crippen molar-refractivity contribution < 1.29 is 14.7 Å². The zero-order valence-corrected chi connectivity index (χ0v) is 13.5. The van der Waals surface area contributed by atoms with E-state index in [1.165, 1.54) is 11.3 Å². The highest BCUT2D eigenvalue weighted by molar-refractivity contribution is 7.15. The Balaban J connectivity index is 1.61. The maximum Gasteiger partial charge on any atom is 0.320 e. The summed E-state index contributed by atoms with van der Waals surface area (Å²) in [5.74, 6) is -1.06. The number of carboxylic acids is 1. The van der Waals surface area contributed by atoms with Crippen LogP contribution in [0.5, 0.6) is 0 Å². The van der Waals surface area contributed by atoms with Gasteiger partial charge in [-0.1, -0.05) is 0 Å². The van der Waals surface area contributed by atoms with E-state index in [9.17, 15) is 9.59 Å².